The fourth-order valence-corrected chi connectivity index (χ4v) is 2.99. The van der Waals surface area contributed by atoms with Gasteiger partial charge < -0.3 is 10.1 Å². The van der Waals surface area contributed by atoms with Gasteiger partial charge in [-0.05, 0) is 43.3 Å². The van der Waals surface area contributed by atoms with Crippen molar-refractivity contribution in [3.63, 3.8) is 0 Å². The molecular weight excluding hydrogens is 412 g/mol. The smallest absolute Gasteiger partial charge is 0.245 e. The molecule has 31 heavy (non-hydrogen) atoms. The van der Waals surface area contributed by atoms with Gasteiger partial charge in [0.15, 0.2) is 5.52 Å². The fraction of sp³-hybridized carbons (Fsp3) is 0.136. The van der Waals surface area contributed by atoms with E-state index < -0.39 is 17.5 Å². The van der Waals surface area contributed by atoms with Crippen molar-refractivity contribution in [1.29, 1.82) is 0 Å². The van der Waals surface area contributed by atoms with Crippen LogP contribution in [0.4, 0.5) is 23.5 Å². The van der Waals surface area contributed by atoms with E-state index in [2.05, 4.69) is 20.3 Å². The maximum Gasteiger partial charge on any atom is 0.245 e. The normalized spacial score (nSPS) is 11.0. The number of hydrogen-bond donors (Lipinski definition) is 1. The number of pyridine rings is 1. The average molecular weight is 428 g/mol. The highest BCUT2D eigenvalue weighted by atomic mass is 19.1. The van der Waals surface area contributed by atoms with Gasteiger partial charge in [0.25, 0.3) is 0 Å². The van der Waals surface area contributed by atoms with Crippen molar-refractivity contribution in [3.05, 3.63) is 77.4 Å². The summed E-state index contributed by atoms with van der Waals surface area (Å²) < 4.78 is 59.6. The third-order valence-electron chi connectivity index (χ3n) is 4.46. The van der Waals surface area contributed by atoms with Gasteiger partial charge in [0.2, 0.25) is 11.8 Å². The number of rotatable bonds is 6. The molecule has 4 aromatic rings. The highest BCUT2D eigenvalue weighted by Crippen LogP contribution is 2.27. The van der Waals surface area contributed by atoms with Gasteiger partial charge in [-0.25, -0.2) is 27.5 Å². The summed E-state index contributed by atoms with van der Waals surface area (Å²) in [6.45, 7) is 1.78. The van der Waals surface area contributed by atoms with E-state index in [4.69, 9.17) is 4.74 Å². The van der Waals surface area contributed by atoms with Crippen molar-refractivity contribution in [2.75, 3.05) is 11.9 Å². The zero-order valence-corrected chi connectivity index (χ0v) is 16.3. The molecule has 9 heteroatoms. The van der Waals surface area contributed by atoms with Crippen LogP contribution in [-0.2, 0) is 6.54 Å². The first kappa shape index (κ1) is 20.5. The second-order valence-corrected chi connectivity index (χ2v) is 6.56. The molecule has 0 atom stereocenters. The Balaban J connectivity index is 1.68. The number of benzene rings is 2. The van der Waals surface area contributed by atoms with E-state index in [0.717, 1.165) is 0 Å². The van der Waals surface area contributed by atoms with Crippen LogP contribution in [0.3, 0.4) is 0 Å². The van der Waals surface area contributed by atoms with Gasteiger partial charge in [-0.15, -0.1) is 0 Å². The summed E-state index contributed by atoms with van der Waals surface area (Å²) in [5.41, 5.74) is 1.76. The molecule has 2 aromatic carbocycles. The average Bonchev–Trinajstić information content (AvgIpc) is 2.73. The van der Waals surface area contributed by atoms with Crippen LogP contribution >= 0.6 is 0 Å². The van der Waals surface area contributed by atoms with E-state index in [9.17, 15) is 17.6 Å². The molecule has 0 fully saturated rings. The molecule has 0 aliphatic rings. The highest BCUT2D eigenvalue weighted by molar-refractivity contribution is 5.83. The zero-order valence-electron chi connectivity index (χ0n) is 16.3. The Hall–Kier alpha value is -3.75. The van der Waals surface area contributed by atoms with Crippen molar-refractivity contribution in [3.8, 4) is 17.1 Å². The molecule has 2 heterocycles. The molecule has 0 saturated heterocycles. The standard InChI is InChI=1S/C22H16F4N4O/c1-2-31-21-20-19(8-7-18(28-20)12-3-5-13(23)6-4-12)29-22(30-21)27-11-15-16(25)9-14(24)10-17(15)26/h3-10H,2,11H2,1H3,(H,27,29,30). The molecule has 0 amide bonds. The van der Waals surface area contributed by atoms with E-state index in [1.165, 1.54) is 12.1 Å². The summed E-state index contributed by atoms with van der Waals surface area (Å²) in [7, 11) is 0. The Morgan fingerprint density at radius 3 is 2.23 bits per heavy atom. The maximum absolute atomic E-state index is 13.9. The lowest BCUT2D eigenvalue weighted by Gasteiger charge is -2.12. The quantitative estimate of drug-likeness (QED) is 0.425. The molecule has 5 nitrogen and oxygen atoms in total. The Bertz CT molecular complexity index is 1230. The number of halogens is 4. The summed E-state index contributed by atoms with van der Waals surface area (Å²) in [6, 6.07) is 10.5. The molecule has 0 spiro atoms. The first-order chi connectivity index (χ1) is 14.9. The van der Waals surface area contributed by atoms with Gasteiger partial charge in [0.05, 0.1) is 17.8 Å². The van der Waals surface area contributed by atoms with Crippen LogP contribution in [0.15, 0.2) is 48.5 Å². The number of hydrogen-bond acceptors (Lipinski definition) is 5. The van der Waals surface area contributed by atoms with Crippen molar-refractivity contribution in [1.82, 2.24) is 15.0 Å². The van der Waals surface area contributed by atoms with Crippen LogP contribution in [0.25, 0.3) is 22.3 Å². The van der Waals surface area contributed by atoms with E-state index in [0.29, 0.717) is 41.0 Å². The van der Waals surface area contributed by atoms with Gasteiger partial charge in [-0.1, -0.05) is 0 Å². The van der Waals surface area contributed by atoms with Crippen LogP contribution in [0.2, 0.25) is 0 Å². The number of nitrogens with one attached hydrogen (secondary N) is 1. The minimum Gasteiger partial charge on any atom is -0.476 e. The first-order valence-corrected chi connectivity index (χ1v) is 9.39. The van der Waals surface area contributed by atoms with E-state index in [1.807, 2.05) is 0 Å². The van der Waals surface area contributed by atoms with Crippen LogP contribution in [0.5, 0.6) is 5.88 Å². The predicted octanol–water partition coefficient (Wildman–Crippen LogP) is 5.26. The molecule has 0 saturated carbocycles. The van der Waals surface area contributed by atoms with Crippen LogP contribution < -0.4 is 10.1 Å². The Morgan fingerprint density at radius 1 is 0.839 bits per heavy atom. The summed E-state index contributed by atoms with van der Waals surface area (Å²) >= 11 is 0. The lowest BCUT2D eigenvalue weighted by atomic mass is 10.1. The zero-order chi connectivity index (χ0) is 22.0. The SMILES string of the molecule is CCOc1nc(NCc2c(F)cc(F)cc2F)nc2ccc(-c3ccc(F)cc3)nc12. The second kappa shape index (κ2) is 8.55. The van der Waals surface area contributed by atoms with E-state index in [-0.39, 0.29) is 29.8 Å². The largest absolute Gasteiger partial charge is 0.476 e. The fourth-order valence-electron chi connectivity index (χ4n) is 2.99. The Labute approximate surface area is 174 Å². The van der Waals surface area contributed by atoms with Gasteiger partial charge in [-0.2, -0.15) is 4.98 Å². The van der Waals surface area contributed by atoms with Gasteiger partial charge >= 0.3 is 0 Å². The first-order valence-electron chi connectivity index (χ1n) is 9.39. The topological polar surface area (TPSA) is 59.9 Å². The molecule has 0 radical (unpaired) electrons. The van der Waals surface area contributed by atoms with E-state index >= 15 is 0 Å². The number of anilines is 1. The van der Waals surface area contributed by atoms with Crippen molar-refractivity contribution in [2.24, 2.45) is 0 Å². The van der Waals surface area contributed by atoms with Crippen molar-refractivity contribution in [2.45, 2.75) is 13.5 Å². The minimum absolute atomic E-state index is 0.0652. The lowest BCUT2D eigenvalue weighted by Crippen LogP contribution is -2.09. The van der Waals surface area contributed by atoms with E-state index in [1.54, 1.807) is 31.2 Å². The van der Waals surface area contributed by atoms with Gasteiger partial charge in [0.1, 0.15) is 23.3 Å². The summed E-state index contributed by atoms with van der Waals surface area (Å²) in [6.07, 6.45) is 0. The third-order valence-corrected chi connectivity index (χ3v) is 4.46. The molecule has 4 rings (SSSR count). The highest BCUT2D eigenvalue weighted by Gasteiger charge is 2.15. The number of ether oxygens (including phenoxy) is 1. The Morgan fingerprint density at radius 2 is 1.55 bits per heavy atom. The lowest BCUT2D eigenvalue weighted by molar-refractivity contribution is 0.330. The number of aromatic nitrogens is 3. The monoisotopic (exact) mass is 428 g/mol. The summed E-state index contributed by atoms with van der Waals surface area (Å²) in [4.78, 5) is 13.1. The summed E-state index contributed by atoms with van der Waals surface area (Å²) in [5, 5.41) is 2.73. The minimum atomic E-state index is -1.01. The summed E-state index contributed by atoms with van der Waals surface area (Å²) in [5.74, 6) is -3.13. The molecule has 1 N–H and O–H groups in total. The number of fused-ring (bicyclic) bond motifs is 1. The molecule has 0 unspecified atom stereocenters. The van der Waals surface area contributed by atoms with Crippen molar-refractivity contribution >= 4 is 17.0 Å². The molecule has 2 aromatic heterocycles. The van der Waals surface area contributed by atoms with Crippen LogP contribution in [-0.4, -0.2) is 21.6 Å². The number of nitrogens with zero attached hydrogens (tertiary/aromatic N) is 3. The maximum atomic E-state index is 13.9. The van der Waals surface area contributed by atoms with Gasteiger partial charge in [0, 0.05) is 29.8 Å². The Kier molecular flexibility index (Phi) is 5.66. The van der Waals surface area contributed by atoms with Crippen LogP contribution in [0.1, 0.15) is 12.5 Å². The third kappa shape index (κ3) is 4.40. The predicted molar refractivity (Wildman–Crippen MR) is 108 cm³/mol. The van der Waals surface area contributed by atoms with Crippen molar-refractivity contribution < 1.29 is 22.3 Å². The molecule has 0 aliphatic heterocycles. The molecular formula is C22H16F4N4O. The molecule has 0 aliphatic carbocycles. The second-order valence-electron chi connectivity index (χ2n) is 6.56. The molecule has 158 valence electrons. The van der Waals surface area contributed by atoms with Crippen LogP contribution in [0, 0.1) is 23.3 Å². The molecule has 0 bridgehead atoms. The van der Waals surface area contributed by atoms with Gasteiger partial charge in [-0.3, -0.25) is 0 Å².